The molecule has 0 amide bonds. The number of hydrogen-bond acceptors (Lipinski definition) is 4. The van der Waals surface area contributed by atoms with Crippen molar-refractivity contribution in [1.82, 2.24) is 4.98 Å². The van der Waals surface area contributed by atoms with Gasteiger partial charge in [0.2, 0.25) is 18.0 Å². The number of aromatic hydroxyl groups is 1. The topological polar surface area (TPSA) is 83.3 Å². The number of aryl methyl sites for hydroxylation is 1. The maximum atomic E-state index is 12.7. The second-order valence-electron chi connectivity index (χ2n) is 5.40. The number of esters is 1. The van der Waals surface area contributed by atoms with Gasteiger partial charge in [-0.25, -0.2) is 4.79 Å². The number of aromatic amines is 1. The first-order valence-corrected chi connectivity index (χ1v) is 7.47. The number of pyridine rings is 1. The van der Waals surface area contributed by atoms with Gasteiger partial charge in [0.05, 0.1) is 17.9 Å². The number of aromatic nitrogens is 2. The highest BCUT2D eigenvalue weighted by atomic mass is 16.5. The van der Waals surface area contributed by atoms with Crippen LogP contribution >= 0.6 is 0 Å². The van der Waals surface area contributed by atoms with Crippen LogP contribution in [0, 0.1) is 13.8 Å². The van der Waals surface area contributed by atoms with Crippen LogP contribution < -0.4 is 4.57 Å². The predicted octanol–water partition coefficient (Wildman–Crippen LogP) is 2.25. The molecule has 0 aliphatic carbocycles. The fourth-order valence-corrected chi connectivity index (χ4v) is 2.57. The van der Waals surface area contributed by atoms with Crippen LogP contribution in [0.5, 0.6) is 5.75 Å². The molecule has 122 valence electrons. The molecule has 2 heterocycles. The molecule has 1 atom stereocenters. The Balaban J connectivity index is 2.37. The lowest BCUT2D eigenvalue weighted by molar-refractivity contribution is -0.705. The molecule has 0 bridgehead atoms. The van der Waals surface area contributed by atoms with Crippen LogP contribution in [-0.2, 0) is 4.74 Å². The quantitative estimate of drug-likeness (QED) is 0.503. The zero-order valence-electron chi connectivity index (χ0n) is 13.7. The van der Waals surface area contributed by atoms with Gasteiger partial charge in [-0.1, -0.05) is 0 Å². The monoisotopic (exact) mass is 317 g/mol. The summed E-state index contributed by atoms with van der Waals surface area (Å²) in [6.45, 7) is 7.22. The van der Waals surface area contributed by atoms with E-state index < -0.39 is 12.0 Å². The van der Waals surface area contributed by atoms with E-state index in [1.165, 1.54) is 12.3 Å². The van der Waals surface area contributed by atoms with E-state index in [1.807, 2.05) is 0 Å². The molecule has 0 aromatic carbocycles. The number of carbonyl (C=O) groups excluding carboxylic acids is 2. The minimum atomic E-state index is -0.520. The zero-order chi connectivity index (χ0) is 17.1. The van der Waals surface area contributed by atoms with Crippen LogP contribution in [0.4, 0.5) is 0 Å². The van der Waals surface area contributed by atoms with Gasteiger partial charge >= 0.3 is 5.97 Å². The number of ketones is 1. The van der Waals surface area contributed by atoms with Crippen LogP contribution in [0.1, 0.15) is 52.0 Å². The average molecular weight is 317 g/mol. The summed E-state index contributed by atoms with van der Waals surface area (Å²) in [6.07, 6.45) is 3.19. The Hall–Kier alpha value is -2.63. The van der Waals surface area contributed by atoms with E-state index in [0.29, 0.717) is 22.5 Å². The average Bonchev–Trinajstić information content (AvgIpc) is 2.81. The van der Waals surface area contributed by atoms with Crippen molar-refractivity contribution in [3.63, 3.8) is 0 Å². The second kappa shape index (κ2) is 6.64. The van der Waals surface area contributed by atoms with Crippen molar-refractivity contribution in [3.05, 3.63) is 47.0 Å². The van der Waals surface area contributed by atoms with Gasteiger partial charge in [0.25, 0.3) is 0 Å². The Morgan fingerprint density at radius 3 is 2.70 bits per heavy atom. The van der Waals surface area contributed by atoms with Crippen LogP contribution in [0.25, 0.3) is 0 Å². The van der Waals surface area contributed by atoms with Crippen molar-refractivity contribution >= 4 is 11.8 Å². The minimum Gasteiger partial charge on any atom is -0.503 e. The highest BCUT2D eigenvalue weighted by Gasteiger charge is 2.30. The molecule has 6 nitrogen and oxygen atoms in total. The molecule has 0 aliphatic rings. The van der Waals surface area contributed by atoms with Gasteiger partial charge in [-0.15, -0.1) is 0 Å². The third kappa shape index (κ3) is 3.26. The molecule has 2 N–H and O–H groups in total. The second-order valence-corrected chi connectivity index (χ2v) is 5.40. The summed E-state index contributed by atoms with van der Waals surface area (Å²) in [4.78, 5) is 27.7. The molecule has 0 fully saturated rings. The van der Waals surface area contributed by atoms with E-state index in [-0.39, 0.29) is 18.1 Å². The number of rotatable bonds is 5. The van der Waals surface area contributed by atoms with Gasteiger partial charge in [0.1, 0.15) is 0 Å². The van der Waals surface area contributed by atoms with Crippen LogP contribution in [-0.4, -0.2) is 28.4 Å². The first-order chi connectivity index (χ1) is 10.9. The first-order valence-electron chi connectivity index (χ1n) is 7.47. The largest absolute Gasteiger partial charge is 0.503 e. The molecule has 6 heteroatoms. The summed E-state index contributed by atoms with van der Waals surface area (Å²) < 4.78 is 6.66. The summed E-state index contributed by atoms with van der Waals surface area (Å²) in [5, 5.41) is 9.55. The van der Waals surface area contributed by atoms with Gasteiger partial charge in [-0.3, -0.25) is 4.79 Å². The van der Waals surface area contributed by atoms with E-state index >= 15 is 0 Å². The van der Waals surface area contributed by atoms with Crippen molar-refractivity contribution in [3.8, 4) is 5.75 Å². The van der Waals surface area contributed by atoms with Crippen molar-refractivity contribution in [2.75, 3.05) is 6.61 Å². The Kier molecular flexibility index (Phi) is 4.83. The Labute approximate surface area is 134 Å². The minimum absolute atomic E-state index is 0.0822. The molecule has 0 aliphatic heterocycles. The van der Waals surface area contributed by atoms with Crippen molar-refractivity contribution < 1.29 is 24.0 Å². The van der Waals surface area contributed by atoms with Crippen molar-refractivity contribution in [2.24, 2.45) is 0 Å². The normalized spacial score (nSPS) is 12.0. The molecule has 0 saturated carbocycles. The number of carbonyl (C=O) groups is 2. The van der Waals surface area contributed by atoms with Crippen molar-refractivity contribution in [1.29, 1.82) is 0 Å². The SMILES string of the molecule is CCOC(=O)c1c(C)[nH]c(C(=O)[C@H](C)[n+]2cccc(O)c2)c1C. The van der Waals surface area contributed by atoms with E-state index in [2.05, 4.69) is 4.98 Å². The first kappa shape index (κ1) is 16.7. The Bertz CT molecular complexity index is 749. The van der Waals surface area contributed by atoms with Crippen LogP contribution in [0.15, 0.2) is 24.5 Å². The third-order valence-corrected chi connectivity index (χ3v) is 3.80. The number of H-pyrrole nitrogens is 1. The molecule has 2 aromatic heterocycles. The molecule has 0 saturated heterocycles. The Morgan fingerprint density at radius 2 is 2.09 bits per heavy atom. The Morgan fingerprint density at radius 1 is 1.39 bits per heavy atom. The fraction of sp³-hybridized carbons (Fsp3) is 0.353. The van der Waals surface area contributed by atoms with Crippen LogP contribution in [0.3, 0.4) is 0 Å². The predicted molar refractivity (Wildman–Crippen MR) is 83.6 cm³/mol. The molecule has 2 aromatic rings. The maximum Gasteiger partial charge on any atom is 0.340 e. The molecule has 2 rings (SSSR count). The molecular weight excluding hydrogens is 296 g/mol. The highest BCUT2D eigenvalue weighted by Crippen LogP contribution is 2.22. The van der Waals surface area contributed by atoms with Gasteiger partial charge in [0.15, 0.2) is 11.9 Å². The van der Waals surface area contributed by atoms with Gasteiger partial charge < -0.3 is 14.8 Å². The lowest BCUT2D eigenvalue weighted by Crippen LogP contribution is -2.41. The summed E-state index contributed by atoms with van der Waals surface area (Å²) in [5.74, 6) is -0.522. The summed E-state index contributed by atoms with van der Waals surface area (Å²) in [7, 11) is 0. The van der Waals surface area contributed by atoms with Gasteiger partial charge in [0, 0.05) is 18.7 Å². The molecule has 0 radical (unpaired) electrons. The van der Waals surface area contributed by atoms with Crippen LogP contribution in [0.2, 0.25) is 0 Å². The van der Waals surface area contributed by atoms with E-state index in [9.17, 15) is 14.7 Å². The third-order valence-electron chi connectivity index (χ3n) is 3.80. The number of Topliss-reactive ketones (excluding diaryl/α,β-unsaturated/α-hetero) is 1. The molecular formula is C17H21N2O4+. The van der Waals surface area contributed by atoms with E-state index in [1.54, 1.807) is 44.5 Å². The molecule has 0 spiro atoms. The summed E-state index contributed by atoms with van der Waals surface area (Å²) in [6, 6.07) is 2.68. The maximum absolute atomic E-state index is 12.7. The summed E-state index contributed by atoms with van der Waals surface area (Å²) >= 11 is 0. The zero-order valence-corrected chi connectivity index (χ0v) is 13.7. The smallest absolute Gasteiger partial charge is 0.340 e. The lowest BCUT2D eigenvalue weighted by atomic mass is 10.0. The molecule has 0 unspecified atom stereocenters. The van der Waals surface area contributed by atoms with Crippen molar-refractivity contribution in [2.45, 2.75) is 33.7 Å². The summed E-state index contributed by atoms with van der Waals surface area (Å²) in [5.41, 5.74) is 1.98. The number of nitrogens with one attached hydrogen (secondary N) is 1. The fourth-order valence-electron chi connectivity index (χ4n) is 2.57. The van der Waals surface area contributed by atoms with Gasteiger partial charge in [-0.05, 0) is 32.4 Å². The van der Waals surface area contributed by atoms with E-state index in [0.717, 1.165) is 0 Å². The van der Waals surface area contributed by atoms with Gasteiger partial charge in [-0.2, -0.15) is 4.57 Å². The lowest BCUT2D eigenvalue weighted by Gasteiger charge is -2.06. The number of nitrogens with zero attached hydrogens (tertiary/aromatic N) is 1. The number of hydrogen-bond donors (Lipinski definition) is 2. The highest BCUT2D eigenvalue weighted by molar-refractivity contribution is 6.02. The van der Waals surface area contributed by atoms with E-state index in [4.69, 9.17) is 4.74 Å². The molecule has 23 heavy (non-hydrogen) atoms. The standard InChI is InChI=1S/C17H20N2O4/c1-5-23-17(22)14-10(2)15(18-11(14)3)16(21)12(4)19-8-6-7-13(20)9-19/h6-9,12H,5H2,1-4H3,(H-,18,20,21,22)/p+1/t12-/m0/s1. The number of ether oxygens (including phenoxy) is 1.